The summed E-state index contributed by atoms with van der Waals surface area (Å²) < 4.78 is 5.60. The number of carbonyl (C=O) groups excluding carboxylic acids is 2. The first kappa shape index (κ1) is 24.8. The second kappa shape index (κ2) is 10.5. The molecule has 10 atom stereocenters. The zero-order valence-corrected chi connectivity index (χ0v) is 18.0. The number of hydrogen-bond donors (Lipinski definition) is 3. The number of ether oxygens (including phenoxy) is 1. The van der Waals surface area contributed by atoms with E-state index < -0.39 is 54.1 Å². The van der Waals surface area contributed by atoms with Crippen molar-refractivity contribution in [1.29, 1.82) is 0 Å². The van der Waals surface area contributed by atoms with Crippen LogP contribution in [-0.4, -0.2) is 51.5 Å². The van der Waals surface area contributed by atoms with Crippen LogP contribution in [-0.2, 0) is 14.3 Å². The molecule has 0 radical (unpaired) electrons. The molecule has 1 rings (SSSR count). The minimum absolute atomic E-state index is 0.0989. The fourth-order valence-electron chi connectivity index (χ4n) is 4.28. The number of rotatable bonds is 2. The summed E-state index contributed by atoms with van der Waals surface area (Å²) in [5, 5.41) is 32.1. The Labute approximate surface area is 169 Å². The smallest absolute Gasteiger partial charge is 0.311 e. The van der Waals surface area contributed by atoms with Crippen molar-refractivity contribution in [1.82, 2.24) is 0 Å². The van der Waals surface area contributed by atoms with E-state index in [1.54, 1.807) is 27.7 Å². The maximum absolute atomic E-state index is 12.9. The average Bonchev–Trinajstić information content (AvgIpc) is 2.68. The van der Waals surface area contributed by atoms with E-state index in [-0.39, 0.29) is 17.6 Å². The third-order valence-electron chi connectivity index (χ3n) is 6.48. The van der Waals surface area contributed by atoms with Gasteiger partial charge in [-0.15, -0.1) is 6.58 Å². The molecule has 0 bridgehead atoms. The summed E-state index contributed by atoms with van der Waals surface area (Å²) in [4.78, 5) is 25.5. The number of Topliss-reactive ketones (excluding diaryl/α,β-unsaturated/α-hetero) is 1. The molecule has 162 valence electrons. The molecule has 10 unspecified atom stereocenters. The Bertz CT molecular complexity index is 547. The van der Waals surface area contributed by atoms with Crippen LogP contribution < -0.4 is 0 Å². The third kappa shape index (κ3) is 5.43. The Balaban J connectivity index is 3.31. The number of aliphatic hydroxyl groups is 3. The van der Waals surface area contributed by atoms with E-state index in [9.17, 15) is 24.9 Å². The number of aliphatic hydroxyl groups excluding tert-OH is 3. The lowest BCUT2D eigenvalue weighted by Gasteiger charge is -2.36. The van der Waals surface area contributed by atoms with Gasteiger partial charge in [0.25, 0.3) is 0 Å². The van der Waals surface area contributed by atoms with Crippen molar-refractivity contribution in [2.75, 3.05) is 0 Å². The molecule has 1 fully saturated rings. The van der Waals surface area contributed by atoms with Crippen molar-refractivity contribution in [3.63, 3.8) is 0 Å². The molecule has 28 heavy (non-hydrogen) atoms. The van der Waals surface area contributed by atoms with Crippen molar-refractivity contribution in [2.45, 2.75) is 78.8 Å². The molecule has 1 aliphatic heterocycles. The van der Waals surface area contributed by atoms with Crippen LogP contribution >= 0.6 is 0 Å². The van der Waals surface area contributed by atoms with Gasteiger partial charge in [-0.2, -0.15) is 0 Å². The molecule has 6 nitrogen and oxygen atoms in total. The van der Waals surface area contributed by atoms with Gasteiger partial charge < -0.3 is 20.1 Å². The fourth-order valence-corrected chi connectivity index (χ4v) is 4.28. The van der Waals surface area contributed by atoms with Crippen LogP contribution in [0, 0.1) is 35.5 Å². The SMILES string of the molecule is C=CC1C(CC)OC(=O)C(C)C(O)C(C)C(O)C(C)CC(C)C(=O)C(C)C1O. The van der Waals surface area contributed by atoms with E-state index in [4.69, 9.17) is 4.74 Å². The Hall–Kier alpha value is -1.24. The van der Waals surface area contributed by atoms with Gasteiger partial charge in [-0.25, -0.2) is 0 Å². The van der Waals surface area contributed by atoms with Gasteiger partial charge in [-0.1, -0.05) is 40.7 Å². The minimum atomic E-state index is -1.08. The quantitative estimate of drug-likeness (QED) is 0.487. The van der Waals surface area contributed by atoms with Crippen LogP contribution in [0.2, 0.25) is 0 Å². The second-order valence-corrected chi connectivity index (χ2v) is 8.62. The summed E-state index contributed by atoms with van der Waals surface area (Å²) in [6.45, 7) is 14.2. The number of ketones is 1. The molecular weight excluding hydrogens is 360 g/mol. The maximum atomic E-state index is 12.9. The molecule has 0 amide bonds. The van der Waals surface area contributed by atoms with Gasteiger partial charge in [0.1, 0.15) is 11.9 Å². The standard InChI is InChI=1S/C22H38O6/c1-8-16-17(9-2)28-22(27)15(7)20(25)13(5)18(23)11(3)10-12(4)19(24)14(6)21(16)26/h8,11-18,20-21,23,25-26H,1,9-10H2,2-7H3. The molecule has 0 saturated carbocycles. The highest BCUT2D eigenvalue weighted by Gasteiger charge is 2.40. The molecule has 1 heterocycles. The molecule has 1 aliphatic rings. The summed E-state index contributed by atoms with van der Waals surface area (Å²) in [5.74, 6) is -3.92. The minimum Gasteiger partial charge on any atom is -0.461 e. The van der Waals surface area contributed by atoms with Gasteiger partial charge in [0.05, 0.1) is 24.2 Å². The van der Waals surface area contributed by atoms with Crippen molar-refractivity contribution in [3.8, 4) is 0 Å². The lowest BCUT2D eigenvalue weighted by atomic mass is 9.76. The Morgan fingerprint density at radius 2 is 1.57 bits per heavy atom. The van der Waals surface area contributed by atoms with E-state index in [0.717, 1.165) is 0 Å². The fraction of sp³-hybridized carbons (Fsp3) is 0.818. The number of cyclic esters (lactones) is 1. The largest absolute Gasteiger partial charge is 0.461 e. The third-order valence-corrected chi connectivity index (χ3v) is 6.48. The lowest BCUT2D eigenvalue weighted by Crippen LogP contribution is -2.45. The predicted octanol–water partition coefficient (Wildman–Crippen LogP) is 2.35. The first-order chi connectivity index (χ1) is 13.0. The van der Waals surface area contributed by atoms with E-state index >= 15 is 0 Å². The first-order valence-corrected chi connectivity index (χ1v) is 10.4. The summed E-state index contributed by atoms with van der Waals surface area (Å²) in [6, 6.07) is 0. The summed E-state index contributed by atoms with van der Waals surface area (Å²) >= 11 is 0. The van der Waals surface area contributed by atoms with E-state index in [2.05, 4.69) is 6.58 Å². The molecule has 0 aliphatic carbocycles. The van der Waals surface area contributed by atoms with Gasteiger partial charge in [0, 0.05) is 23.7 Å². The van der Waals surface area contributed by atoms with Crippen LogP contribution in [0.25, 0.3) is 0 Å². The van der Waals surface area contributed by atoms with Gasteiger partial charge in [-0.3, -0.25) is 9.59 Å². The Morgan fingerprint density at radius 3 is 2.07 bits per heavy atom. The monoisotopic (exact) mass is 398 g/mol. The highest BCUT2D eigenvalue weighted by atomic mass is 16.5. The van der Waals surface area contributed by atoms with Crippen molar-refractivity contribution >= 4 is 11.8 Å². The molecule has 1 saturated heterocycles. The topological polar surface area (TPSA) is 104 Å². The summed E-state index contributed by atoms with van der Waals surface area (Å²) in [6.07, 6.45) is -1.23. The summed E-state index contributed by atoms with van der Waals surface area (Å²) in [5.41, 5.74) is 0. The Morgan fingerprint density at radius 1 is 1.00 bits per heavy atom. The van der Waals surface area contributed by atoms with Crippen LogP contribution in [0.15, 0.2) is 12.7 Å². The van der Waals surface area contributed by atoms with Crippen LogP contribution in [0.1, 0.15) is 54.4 Å². The molecular formula is C22H38O6. The highest BCUT2D eigenvalue weighted by Crippen LogP contribution is 2.31. The number of carbonyl (C=O) groups is 2. The van der Waals surface area contributed by atoms with Crippen molar-refractivity contribution in [3.05, 3.63) is 12.7 Å². The number of hydrogen-bond acceptors (Lipinski definition) is 6. The van der Waals surface area contributed by atoms with Gasteiger partial charge in [0.15, 0.2) is 0 Å². The van der Waals surface area contributed by atoms with Crippen LogP contribution in [0.3, 0.4) is 0 Å². The Kier molecular flexibility index (Phi) is 9.31. The molecule has 0 aromatic heterocycles. The molecule has 0 aromatic carbocycles. The zero-order valence-electron chi connectivity index (χ0n) is 18.0. The van der Waals surface area contributed by atoms with Crippen LogP contribution in [0.5, 0.6) is 0 Å². The molecule has 6 heteroatoms. The van der Waals surface area contributed by atoms with E-state index in [0.29, 0.717) is 12.8 Å². The van der Waals surface area contributed by atoms with Crippen molar-refractivity contribution < 1.29 is 29.6 Å². The van der Waals surface area contributed by atoms with E-state index in [1.807, 2.05) is 13.8 Å². The molecule has 0 aromatic rings. The summed E-state index contributed by atoms with van der Waals surface area (Å²) in [7, 11) is 0. The van der Waals surface area contributed by atoms with Gasteiger partial charge in [-0.05, 0) is 25.7 Å². The highest BCUT2D eigenvalue weighted by molar-refractivity contribution is 5.83. The normalized spacial score (nSPS) is 44.5. The van der Waals surface area contributed by atoms with Crippen molar-refractivity contribution in [2.24, 2.45) is 35.5 Å². The zero-order chi connectivity index (χ0) is 21.8. The number of esters is 1. The molecule has 0 spiro atoms. The molecule has 3 N–H and O–H groups in total. The van der Waals surface area contributed by atoms with Gasteiger partial charge in [0.2, 0.25) is 0 Å². The lowest BCUT2D eigenvalue weighted by molar-refractivity contribution is -0.165. The predicted molar refractivity (Wildman–Crippen MR) is 107 cm³/mol. The second-order valence-electron chi connectivity index (χ2n) is 8.62. The van der Waals surface area contributed by atoms with E-state index in [1.165, 1.54) is 6.08 Å². The van der Waals surface area contributed by atoms with Gasteiger partial charge >= 0.3 is 5.97 Å². The average molecular weight is 399 g/mol. The maximum Gasteiger partial charge on any atom is 0.311 e. The van der Waals surface area contributed by atoms with Crippen LogP contribution in [0.4, 0.5) is 0 Å². The first-order valence-electron chi connectivity index (χ1n) is 10.4.